The van der Waals surface area contributed by atoms with Crippen molar-refractivity contribution in [2.45, 2.75) is 64.3 Å². The normalized spacial score (nSPS) is 12.0. The van der Waals surface area contributed by atoms with Crippen LogP contribution >= 0.6 is 0 Å². The third-order valence-corrected chi connectivity index (χ3v) is 9.71. The van der Waals surface area contributed by atoms with Crippen molar-refractivity contribution in [1.29, 1.82) is 0 Å². The zero-order chi connectivity index (χ0) is 13.7. The fraction of sp³-hybridized carbons (Fsp3) is 1.00. The Bertz CT molecular complexity index is 167. The Balaban J connectivity index is 3.38. The van der Waals surface area contributed by atoms with E-state index in [1.807, 2.05) is 0 Å². The molecule has 0 aromatic carbocycles. The van der Waals surface area contributed by atoms with Gasteiger partial charge >= 0.3 is 8.32 Å². The maximum Gasteiger partial charge on any atom is 0.463 e. The van der Waals surface area contributed by atoms with Crippen molar-refractivity contribution in [3.63, 3.8) is 0 Å². The van der Waals surface area contributed by atoms with E-state index in [0.717, 1.165) is 0 Å². The molecule has 0 rings (SSSR count). The lowest BCUT2D eigenvalue weighted by Gasteiger charge is -2.24. The molecule has 0 unspecified atom stereocenters. The number of unbranched alkanes of at least 4 members (excludes halogenated alkanes) is 7. The second kappa shape index (κ2) is 12.4. The van der Waals surface area contributed by atoms with Crippen molar-refractivity contribution in [1.82, 2.24) is 0 Å². The van der Waals surface area contributed by atoms with Gasteiger partial charge in [0.25, 0.3) is 0 Å². The van der Waals surface area contributed by atoms with E-state index in [4.69, 9.17) is 13.3 Å². The van der Waals surface area contributed by atoms with Crippen molar-refractivity contribution in [3.8, 4) is 0 Å². The molecule has 0 spiro atoms. The van der Waals surface area contributed by atoms with Crippen molar-refractivity contribution in [2.75, 3.05) is 21.3 Å². The summed E-state index contributed by atoms with van der Waals surface area (Å²) in [5.74, 6) is 0. The van der Waals surface area contributed by atoms with Crippen molar-refractivity contribution < 1.29 is 13.3 Å². The van der Waals surface area contributed by atoms with E-state index >= 15 is 0 Å². The number of hydrogen-bond acceptors (Lipinski definition) is 3. The standard InChI is InChI=1S/C13H30O3Si2/c1-5-6-7-8-9-10-11-12-13-17-18(14-2,15-3)16-4/h5-13H2,1-4H3. The van der Waals surface area contributed by atoms with Crippen LogP contribution in [0.25, 0.3) is 0 Å². The SMILES string of the molecule is CCCCCCCCCC[Si][Si](OC)(OC)OC. The first-order valence-corrected chi connectivity index (χ1v) is 11.1. The Hall–Kier alpha value is 0.314. The zero-order valence-corrected chi connectivity index (χ0v) is 14.6. The molecule has 0 N–H and O–H groups in total. The fourth-order valence-corrected chi connectivity index (χ4v) is 6.38. The van der Waals surface area contributed by atoms with Gasteiger partial charge in [0.05, 0.1) is 0 Å². The number of rotatable bonds is 13. The molecule has 0 bridgehead atoms. The predicted molar refractivity (Wildman–Crippen MR) is 80.0 cm³/mol. The molecule has 0 aliphatic carbocycles. The highest BCUT2D eigenvalue weighted by atomic mass is 29.2. The molecule has 0 amide bonds. The maximum atomic E-state index is 5.42. The molecule has 108 valence electrons. The average Bonchev–Trinajstić information content (AvgIpc) is 2.42. The molecule has 0 saturated carbocycles. The summed E-state index contributed by atoms with van der Waals surface area (Å²) in [5.41, 5.74) is 0. The highest BCUT2D eigenvalue weighted by Crippen LogP contribution is 2.12. The summed E-state index contributed by atoms with van der Waals surface area (Å²) in [6.07, 6.45) is 10.9. The molecule has 5 heteroatoms. The molecule has 0 saturated heterocycles. The van der Waals surface area contributed by atoms with Gasteiger partial charge in [0.2, 0.25) is 0 Å². The summed E-state index contributed by atoms with van der Waals surface area (Å²) in [4.78, 5) is 0. The summed E-state index contributed by atoms with van der Waals surface area (Å²) >= 11 is 0. The summed E-state index contributed by atoms with van der Waals surface area (Å²) in [6.45, 7) is 2.26. The van der Waals surface area contributed by atoms with Gasteiger partial charge in [0.15, 0.2) is 0 Å². The lowest BCUT2D eigenvalue weighted by atomic mass is 10.1. The van der Waals surface area contributed by atoms with Crippen LogP contribution < -0.4 is 0 Å². The first kappa shape index (κ1) is 18.3. The molecule has 18 heavy (non-hydrogen) atoms. The Morgan fingerprint density at radius 1 is 0.722 bits per heavy atom. The third-order valence-electron chi connectivity index (χ3n) is 3.18. The van der Waals surface area contributed by atoms with E-state index in [9.17, 15) is 0 Å². The third kappa shape index (κ3) is 8.42. The van der Waals surface area contributed by atoms with Gasteiger partial charge in [-0.05, 0) is 0 Å². The van der Waals surface area contributed by atoms with Crippen LogP contribution in [0.5, 0.6) is 0 Å². The van der Waals surface area contributed by atoms with E-state index in [0.29, 0.717) is 9.04 Å². The molecule has 0 fully saturated rings. The minimum atomic E-state index is -2.28. The van der Waals surface area contributed by atoms with Gasteiger partial charge in [0.1, 0.15) is 9.04 Å². The van der Waals surface area contributed by atoms with E-state index < -0.39 is 8.32 Å². The first-order chi connectivity index (χ1) is 8.74. The summed E-state index contributed by atoms with van der Waals surface area (Å²) in [5, 5.41) is 0. The van der Waals surface area contributed by atoms with Crippen molar-refractivity contribution in [2.24, 2.45) is 0 Å². The van der Waals surface area contributed by atoms with Crippen LogP contribution in [0.15, 0.2) is 0 Å². The van der Waals surface area contributed by atoms with Crippen molar-refractivity contribution in [3.05, 3.63) is 0 Å². The Morgan fingerprint density at radius 2 is 1.17 bits per heavy atom. The minimum absolute atomic E-state index is 0.678. The lowest BCUT2D eigenvalue weighted by Crippen LogP contribution is -2.49. The molecular weight excluding hydrogens is 260 g/mol. The molecule has 0 aromatic rings. The van der Waals surface area contributed by atoms with E-state index in [2.05, 4.69) is 6.92 Å². The molecule has 3 nitrogen and oxygen atoms in total. The average molecular weight is 291 g/mol. The second-order valence-corrected chi connectivity index (χ2v) is 10.7. The van der Waals surface area contributed by atoms with Crippen LogP contribution in [-0.2, 0) is 13.3 Å². The highest BCUT2D eigenvalue weighted by molar-refractivity contribution is 7.14. The van der Waals surface area contributed by atoms with Crippen LogP contribution in [0.4, 0.5) is 0 Å². The summed E-state index contributed by atoms with van der Waals surface area (Å²) < 4.78 is 16.2. The maximum absolute atomic E-state index is 5.42. The molecule has 0 atom stereocenters. The van der Waals surface area contributed by atoms with Gasteiger partial charge in [0, 0.05) is 21.3 Å². The van der Waals surface area contributed by atoms with Gasteiger partial charge in [-0.3, -0.25) is 0 Å². The van der Waals surface area contributed by atoms with Gasteiger partial charge in [-0.2, -0.15) is 0 Å². The lowest BCUT2D eigenvalue weighted by molar-refractivity contribution is 0.148. The summed E-state index contributed by atoms with van der Waals surface area (Å²) in [6, 6.07) is 1.18. The van der Waals surface area contributed by atoms with Crippen LogP contribution in [0.2, 0.25) is 6.04 Å². The second-order valence-electron chi connectivity index (χ2n) is 4.57. The topological polar surface area (TPSA) is 27.7 Å². The summed E-state index contributed by atoms with van der Waals surface area (Å²) in [7, 11) is 3.49. The van der Waals surface area contributed by atoms with Gasteiger partial charge in [-0.1, -0.05) is 64.3 Å². The molecule has 0 aliphatic rings. The quantitative estimate of drug-likeness (QED) is 0.383. The van der Waals surface area contributed by atoms with Crippen LogP contribution in [0.1, 0.15) is 58.3 Å². The van der Waals surface area contributed by atoms with Crippen molar-refractivity contribution >= 4 is 17.4 Å². The molecule has 0 aromatic heterocycles. The van der Waals surface area contributed by atoms with E-state index in [1.54, 1.807) is 21.3 Å². The monoisotopic (exact) mass is 290 g/mol. The molecular formula is C13H30O3Si2. The van der Waals surface area contributed by atoms with Crippen LogP contribution in [0, 0.1) is 0 Å². The van der Waals surface area contributed by atoms with Gasteiger partial charge < -0.3 is 13.3 Å². The smallest absolute Gasteiger partial charge is 0.380 e. The van der Waals surface area contributed by atoms with Crippen LogP contribution in [0.3, 0.4) is 0 Å². The highest BCUT2D eigenvalue weighted by Gasteiger charge is 2.36. The molecule has 2 radical (unpaired) electrons. The van der Waals surface area contributed by atoms with Gasteiger partial charge in [-0.25, -0.2) is 0 Å². The Labute approximate surface area is 117 Å². The fourth-order valence-electron chi connectivity index (χ4n) is 1.97. The Morgan fingerprint density at radius 3 is 1.61 bits per heavy atom. The minimum Gasteiger partial charge on any atom is -0.380 e. The van der Waals surface area contributed by atoms with Gasteiger partial charge in [-0.15, -0.1) is 0 Å². The van der Waals surface area contributed by atoms with E-state index in [-0.39, 0.29) is 0 Å². The molecule has 0 heterocycles. The van der Waals surface area contributed by atoms with E-state index in [1.165, 1.54) is 57.4 Å². The Kier molecular flexibility index (Phi) is 12.6. The number of hydrogen-bond donors (Lipinski definition) is 0. The molecule has 0 aliphatic heterocycles. The first-order valence-electron chi connectivity index (χ1n) is 7.15. The predicted octanol–water partition coefficient (Wildman–Crippen LogP) is 3.62. The zero-order valence-electron chi connectivity index (χ0n) is 12.6. The largest absolute Gasteiger partial charge is 0.463 e. The van der Waals surface area contributed by atoms with Crippen LogP contribution in [-0.4, -0.2) is 38.7 Å².